The van der Waals surface area contributed by atoms with E-state index < -0.39 is 0 Å². The summed E-state index contributed by atoms with van der Waals surface area (Å²) in [5, 5.41) is 0. The molecule has 0 aliphatic carbocycles. The molecule has 3 rings (SSSR count). The van der Waals surface area contributed by atoms with E-state index in [4.69, 9.17) is 0 Å². The average Bonchev–Trinajstić information content (AvgIpc) is 2.82. The van der Waals surface area contributed by atoms with Crippen LogP contribution in [-0.2, 0) is 12.8 Å². The van der Waals surface area contributed by atoms with Crippen LogP contribution >= 0.6 is 0 Å². The third kappa shape index (κ3) is 7.44. The van der Waals surface area contributed by atoms with Crippen molar-refractivity contribution in [3.63, 3.8) is 0 Å². The second-order valence-corrected chi connectivity index (χ2v) is 8.15. The van der Waals surface area contributed by atoms with E-state index in [-0.39, 0.29) is 5.82 Å². The zero-order valence-electron chi connectivity index (χ0n) is 19.2. The maximum absolute atomic E-state index is 14.5. The summed E-state index contributed by atoms with van der Waals surface area (Å²) in [6.45, 7) is 4.41. The van der Waals surface area contributed by atoms with Gasteiger partial charge in [-0.25, -0.2) is 4.39 Å². The lowest BCUT2D eigenvalue weighted by Crippen LogP contribution is -1.87. The Kier molecular flexibility index (Phi) is 9.16. The molecule has 3 aromatic rings. The highest BCUT2D eigenvalue weighted by Gasteiger charge is 2.00. The third-order valence-electron chi connectivity index (χ3n) is 5.46. The first kappa shape index (κ1) is 23.4. The Morgan fingerprint density at radius 2 is 1.06 bits per heavy atom. The van der Waals surface area contributed by atoms with E-state index in [0.29, 0.717) is 11.1 Å². The van der Waals surface area contributed by atoms with E-state index in [9.17, 15) is 4.39 Å². The smallest absolute Gasteiger partial charge is 0.140 e. The summed E-state index contributed by atoms with van der Waals surface area (Å²) < 4.78 is 14.5. The fraction of sp³-hybridized carbons (Fsp3) is 0.290. The minimum atomic E-state index is -0.338. The van der Waals surface area contributed by atoms with Crippen LogP contribution < -0.4 is 0 Å². The first-order chi connectivity index (χ1) is 15.7. The quantitative estimate of drug-likeness (QED) is 0.270. The van der Waals surface area contributed by atoms with Crippen molar-refractivity contribution in [2.24, 2.45) is 0 Å². The Morgan fingerprint density at radius 1 is 0.562 bits per heavy atom. The van der Waals surface area contributed by atoms with Crippen LogP contribution in [0.15, 0.2) is 66.7 Å². The van der Waals surface area contributed by atoms with E-state index in [1.807, 2.05) is 30.3 Å². The molecule has 0 fully saturated rings. The summed E-state index contributed by atoms with van der Waals surface area (Å²) in [5.41, 5.74) is 5.54. The molecule has 0 aliphatic heterocycles. The predicted molar refractivity (Wildman–Crippen MR) is 133 cm³/mol. The van der Waals surface area contributed by atoms with Crippen molar-refractivity contribution in [3.05, 3.63) is 106 Å². The number of benzene rings is 3. The lowest BCUT2D eigenvalue weighted by Gasteiger charge is -2.00. The van der Waals surface area contributed by atoms with E-state index in [0.717, 1.165) is 24.0 Å². The standard InChI is InChI=1S/C31H31F/c1-3-5-7-9-26-12-14-27(15-13-26)18-19-29-21-23-30(31(32)24-29)22-20-28-16-10-25(11-17-28)8-6-4-2/h10-17,21,23-24H,3-9H2,1-2H3. The Balaban J connectivity index is 1.63. The van der Waals surface area contributed by atoms with Gasteiger partial charge < -0.3 is 0 Å². The molecule has 0 saturated carbocycles. The minimum Gasteiger partial charge on any atom is -0.206 e. The van der Waals surface area contributed by atoms with Crippen molar-refractivity contribution in [1.29, 1.82) is 0 Å². The molecule has 0 heterocycles. The van der Waals surface area contributed by atoms with Gasteiger partial charge in [-0.3, -0.25) is 0 Å². The van der Waals surface area contributed by atoms with Crippen molar-refractivity contribution in [3.8, 4) is 23.7 Å². The zero-order valence-corrected chi connectivity index (χ0v) is 19.2. The monoisotopic (exact) mass is 422 g/mol. The molecule has 0 unspecified atom stereocenters. The highest BCUT2D eigenvalue weighted by Crippen LogP contribution is 2.12. The number of aryl methyl sites for hydroxylation is 2. The second-order valence-electron chi connectivity index (χ2n) is 8.15. The van der Waals surface area contributed by atoms with Crippen LogP contribution in [0.1, 0.15) is 79.3 Å². The van der Waals surface area contributed by atoms with Crippen molar-refractivity contribution < 1.29 is 4.39 Å². The van der Waals surface area contributed by atoms with Crippen molar-refractivity contribution in [2.75, 3.05) is 0 Å². The van der Waals surface area contributed by atoms with Crippen LogP contribution in [0.5, 0.6) is 0 Å². The minimum absolute atomic E-state index is 0.338. The van der Waals surface area contributed by atoms with Gasteiger partial charge >= 0.3 is 0 Å². The largest absolute Gasteiger partial charge is 0.206 e. The lowest BCUT2D eigenvalue weighted by atomic mass is 10.0. The fourth-order valence-electron chi connectivity index (χ4n) is 3.45. The van der Waals surface area contributed by atoms with Gasteiger partial charge in [-0.1, -0.05) is 81.1 Å². The van der Waals surface area contributed by atoms with Gasteiger partial charge in [0.05, 0.1) is 5.56 Å². The Hall–Kier alpha value is -3.29. The summed E-state index contributed by atoms with van der Waals surface area (Å²) in [4.78, 5) is 0. The summed E-state index contributed by atoms with van der Waals surface area (Å²) in [7, 11) is 0. The van der Waals surface area contributed by atoms with Gasteiger partial charge in [0.1, 0.15) is 5.82 Å². The van der Waals surface area contributed by atoms with Crippen LogP contribution in [0.2, 0.25) is 0 Å². The van der Waals surface area contributed by atoms with E-state index in [1.165, 1.54) is 49.3 Å². The maximum Gasteiger partial charge on any atom is 0.140 e. The van der Waals surface area contributed by atoms with E-state index in [2.05, 4.69) is 61.8 Å². The van der Waals surface area contributed by atoms with Crippen LogP contribution in [0, 0.1) is 29.5 Å². The van der Waals surface area contributed by atoms with Crippen LogP contribution in [0.4, 0.5) is 4.39 Å². The molecule has 162 valence electrons. The molecule has 0 aromatic heterocycles. The van der Waals surface area contributed by atoms with Gasteiger partial charge in [0.25, 0.3) is 0 Å². The molecule has 32 heavy (non-hydrogen) atoms. The van der Waals surface area contributed by atoms with Crippen LogP contribution in [0.3, 0.4) is 0 Å². The summed E-state index contributed by atoms with van der Waals surface area (Å²) in [5.74, 6) is 11.9. The first-order valence-electron chi connectivity index (χ1n) is 11.7. The fourth-order valence-corrected chi connectivity index (χ4v) is 3.45. The normalized spacial score (nSPS) is 10.1. The van der Waals surface area contributed by atoms with Crippen LogP contribution in [0.25, 0.3) is 0 Å². The highest BCUT2D eigenvalue weighted by atomic mass is 19.1. The van der Waals surface area contributed by atoms with Gasteiger partial charge in [0.15, 0.2) is 0 Å². The molecule has 0 saturated heterocycles. The van der Waals surface area contributed by atoms with Gasteiger partial charge in [-0.2, -0.15) is 0 Å². The molecule has 0 aliphatic rings. The molecule has 0 bridgehead atoms. The maximum atomic E-state index is 14.5. The third-order valence-corrected chi connectivity index (χ3v) is 5.46. The molecule has 0 atom stereocenters. The molecule has 0 amide bonds. The van der Waals surface area contributed by atoms with Gasteiger partial charge in [0, 0.05) is 16.7 Å². The Morgan fingerprint density at radius 3 is 1.62 bits per heavy atom. The van der Waals surface area contributed by atoms with Gasteiger partial charge in [0.2, 0.25) is 0 Å². The molecular formula is C31H31F. The number of unbranched alkanes of at least 4 members (excludes halogenated alkanes) is 3. The van der Waals surface area contributed by atoms with Gasteiger partial charge in [-0.05, 0) is 79.3 Å². The SMILES string of the molecule is CCCCCc1ccc(C#Cc2ccc(C#Cc3ccc(CCCC)cc3)c(F)c2)cc1. The number of rotatable bonds is 7. The number of hydrogen-bond acceptors (Lipinski definition) is 0. The Labute approximate surface area is 192 Å². The topological polar surface area (TPSA) is 0 Å². The first-order valence-corrected chi connectivity index (χ1v) is 11.7. The molecular weight excluding hydrogens is 391 g/mol. The highest BCUT2D eigenvalue weighted by molar-refractivity contribution is 5.49. The molecule has 0 N–H and O–H groups in total. The summed E-state index contributed by atoms with van der Waals surface area (Å²) >= 11 is 0. The summed E-state index contributed by atoms with van der Waals surface area (Å²) in [6, 6.07) is 21.6. The predicted octanol–water partition coefficient (Wildman–Crippen LogP) is 7.70. The molecule has 3 aromatic carbocycles. The number of hydrogen-bond donors (Lipinski definition) is 0. The van der Waals surface area contributed by atoms with Gasteiger partial charge in [-0.15, -0.1) is 0 Å². The summed E-state index contributed by atoms with van der Waals surface area (Å²) in [6.07, 6.45) is 8.29. The Bertz CT molecular complexity index is 1110. The van der Waals surface area contributed by atoms with Crippen molar-refractivity contribution >= 4 is 0 Å². The average molecular weight is 423 g/mol. The van der Waals surface area contributed by atoms with E-state index in [1.54, 1.807) is 6.07 Å². The molecule has 0 radical (unpaired) electrons. The molecule has 0 spiro atoms. The lowest BCUT2D eigenvalue weighted by molar-refractivity contribution is 0.624. The van der Waals surface area contributed by atoms with E-state index >= 15 is 0 Å². The van der Waals surface area contributed by atoms with Crippen molar-refractivity contribution in [1.82, 2.24) is 0 Å². The molecule has 1 heteroatoms. The van der Waals surface area contributed by atoms with Crippen molar-refractivity contribution in [2.45, 2.75) is 58.8 Å². The zero-order chi connectivity index (χ0) is 22.6. The van der Waals surface area contributed by atoms with Crippen LogP contribution in [-0.4, -0.2) is 0 Å². The second kappa shape index (κ2) is 12.5. The number of halogens is 1. The molecule has 0 nitrogen and oxygen atoms in total.